The molecule has 3 aromatic rings. The fourth-order valence-electron chi connectivity index (χ4n) is 4.17. The maximum atomic E-state index is 12.6. The molecule has 1 saturated heterocycles. The molecule has 5 rings (SSSR count). The lowest BCUT2D eigenvalue weighted by molar-refractivity contribution is 0.0528. The van der Waals surface area contributed by atoms with Crippen molar-refractivity contribution in [1.29, 1.82) is 0 Å². The number of thiocarbonyl (C=S) groups is 1. The summed E-state index contributed by atoms with van der Waals surface area (Å²) in [6, 6.07) is 18.0. The Balaban J connectivity index is 1.22. The molecule has 0 unspecified atom stereocenters. The number of nitrogens with zero attached hydrogens (tertiary/aromatic N) is 2. The first-order chi connectivity index (χ1) is 17.1. The predicted molar refractivity (Wildman–Crippen MR) is 141 cm³/mol. The second-order valence-corrected chi connectivity index (χ2v) is 9.76. The Hall–Kier alpha value is -3.14. The zero-order chi connectivity index (χ0) is 24.2. The predicted octanol–water partition coefficient (Wildman–Crippen LogP) is 4.84. The van der Waals surface area contributed by atoms with E-state index < -0.39 is 0 Å². The summed E-state index contributed by atoms with van der Waals surface area (Å²) in [5.74, 6) is 1.28. The van der Waals surface area contributed by atoms with Gasteiger partial charge in [0.2, 0.25) is 6.79 Å². The molecule has 7 nitrogen and oxygen atoms in total. The second-order valence-electron chi connectivity index (χ2n) is 8.32. The summed E-state index contributed by atoms with van der Waals surface area (Å²) < 4.78 is 16.2. The number of benzene rings is 2. The van der Waals surface area contributed by atoms with E-state index in [2.05, 4.69) is 27.2 Å². The molecule has 35 heavy (non-hydrogen) atoms. The van der Waals surface area contributed by atoms with Crippen LogP contribution in [0.25, 0.3) is 10.4 Å². The van der Waals surface area contributed by atoms with Gasteiger partial charge in [0.05, 0.1) is 12.2 Å². The van der Waals surface area contributed by atoms with Crippen LogP contribution in [0.2, 0.25) is 0 Å². The third-order valence-corrected chi connectivity index (χ3v) is 7.47. The third kappa shape index (κ3) is 5.42. The van der Waals surface area contributed by atoms with Gasteiger partial charge < -0.3 is 24.4 Å². The monoisotopic (exact) mass is 509 g/mol. The van der Waals surface area contributed by atoms with E-state index in [9.17, 15) is 4.79 Å². The number of carbonyl (C=O) groups excluding carboxylic acids is 1. The van der Waals surface area contributed by atoms with Gasteiger partial charge in [-0.2, -0.15) is 0 Å². The van der Waals surface area contributed by atoms with Crippen molar-refractivity contribution < 1.29 is 19.0 Å². The first-order valence-corrected chi connectivity index (χ1v) is 12.9. The van der Waals surface area contributed by atoms with E-state index in [0.29, 0.717) is 17.3 Å². The molecule has 0 aliphatic carbocycles. The lowest BCUT2D eigenvalue weighted by Gasteiger charge is -2.36. The van der Waals surface area contributed by atoms with Gasteiger partial charge in [-0.25, -0.2) is 4.79 Å². The first-order valence-electron chi connectivity index (χ1n) is 11.6. The van der Waals surface area contributed by atoms with E-state index in [1.54, 1.807) is 0 Å². The largest absolute Gasteiger partial charge is 0.462 e. The van der Waals surface area contributed by atoms with Crippen molar-refractivity contribution in [2.24, 2.45) is 0 Å². The van der Waals surface area contributed by atoms with Gasteiger partial charge in [-0.05, 0) is 48.5 Å². The van der Waals surface area contributed by atoms with Gasteiger partial charge in [0.15, 0.2) is 16.6 Å². The fraction of sp³-hybridized carbons (Fsp3) is 0.308. The SMILES string of the molecule is CCOC(=O)c1cc(-c2ccccc2)sc1NC(=S)N1CCN(Cc2ccc3c(c2)OCO3)CC1. The minimum Gasteiger partial charge on any atom is -0.462 e. The number of thiophene rings is 1. The minimum atomic E-state index is -0.343. The number of anilines is 1. The van der Waals surface area contributed by atoms with E-state index in [1.807, 2.05) is 49.4 Å². The van der Waals surface area contributed by atoms with E-state index >= 15 is 0 Å². The number of hydrogen-bond donors (Lipinski definition) is 1. The van der Waals surface area contributed by atoms with E-state index in [0.717, 1.165) is 59.7 Å². The van der Waals surface area contributed by atoms with Crippen molar-refractivity contribution in [3.8, 4) is 21.9 Å². The van der Waals surface area contributed by atoms with Crippen LogP contribution in [-0.4, -0.2) is 60.5 Å². The molecule has 2 aliphatic heterocycles. The third-order valence-electron chi connectivity index (χ3n) is 6.01. The highest BCUT2D eigenvalue weighted by Gasteiger charge is 2.23. The quantitative estimate of drug-likeness (QED) is 0.374. The molecule has 1 fully saturated rings. The van der Waals surface area contributed by atoms with Crippen molar-refractivity contribution in [3.63, 3.8) is 0 Å². The molecule has 0 radical (unpaired) electrons. The Labute approximate surface area is 214 Å². The zero-order valence-corrected chi connectivity index (χ0v) is 21.1. The molecule has 1 aromatic heterocycles. The summed E-state index contributed by atoms with van der Waals surface area (Å²) in [6.07, 6.45) is 0. The van der Waals surface area contributed by atoms with Gasteiger partial charge in [-0.3, -0.25) is 4.90 Å². The Morgan fingerprint density at radius 2 is 1.83 bits per heavy atom. The van der Waals surface area contributed by atoms with Gasteiger partial charge in [-0.1, -0.05) is 36.4 Å². The number of fused-ring (bicyclic) bond motifs is 1. The molecule has 3 heterocycles. The molecule has 182 valence electrons. The van der Waals surface area contributed by atoms with Crippen LogP contribution in [0.3, 0.4) is 0 Å². The summed E-state index contributed by atoms with van der Waals surface area (Å²) in [5, 5.41) is 4.67. The number of hydrogen-bond acceptors (Lipinski definition) is 7. The Morgan fingerprint density at radius 1 is 1.06 bits per heavy atom. The van der Waals surface area contributed by atoms with Gasteiger partial charge in [0.25, 0.3) is 0 Å². The Bertz CT molecular complexity index is 1210. The van der Waals surface area contributed by atoms with Crippen molar-refractivity contribution in [3.05, 3.63) is 65.7 Å². The highest BCUT2D eigenvalue weighted by Crippen LogP contribution is 2.36. The summed E-state index contributed by atoms with van der Waals surface area (Å²) in [5.41, 5.74) is 2.77. The summed E-state index contributed by atoms with van der Waals surface area (Å²) >= 11 is 7.25. The standard InChI is InChI=1S/C26H27N3O4S2/c1-2-31-25(30)20-15-23(19-6-4-3-5-7-19)35-24(20)27-26(34)29-12-10-28(11-13-29)16-18-8-9-21-22(14-18)33-17-32-21/h3-9,14-15H,2,10-13,16-17H2,1H3,(H,27,34). The van der Waals surface area contributed by atoms with Crippen LogP contribution in [-0.2, 0) is 11.3 Å². The van der Waals surface area contributed by atoms with Crippen molar-refractivity contribution in [2.45, 2.75) is 13.5 Å². The van der Waals surface area contributed by atoms with Crippen LogP contribution in [0.15, 0.2) is 54.6 Å². The van der Waals surface area contributed by atoms with Crippen LogP contribution in [0, 0.1) is 0 Å². The second kappa shape index (κ2) is 10.6. The topological polar surface area (TPSA) is 63.3 Å². The first kappa shape index (κ1) is 23.6. The van der Waals surface area contributed by atoms with E-state index in [4.69, 9.17) is 26.4 Å². The number of nitrogens with one attached hydrogen (secondary N) is 1. The van der Waals surface area contributed by atoms with Crippen molar-refractivity contribution in [1.82, 2.24) is 9.80 Å². The minimum absolute atomic E-state index is 0.289. The summed E-state index contributed by atoms with van der Waals surface area (Å²) in [6.45, 7) is 6.67. The molecule has 2 aliphatic rings. The Kier molecular flexibility index (Phi) is 7.17. The van der Waals surface area contributed by atoms with Crippen LogP contribution < -0.4 is 14.8 Å². The average molecular weight is 510 g/mol. The number of piperazine rings is 1. The van der Waals surface area contributed by atoms with E-state index in [1.165, 1.54) is 16.9 Å². The smallest absolute Gasteiger partial charge is 0.341 e. The lowest BCUT2D eigenvalue weighted by Crippen LogP contribution is -2.49. The number of rotatable bonds is 6. The number of ether oxygens (including phenoxy) is 3. The van der Waals surface area contributed by atoms with Crippen molar-refractivity contribution in [2.75, 3.05) is 44.9 Å². The van der Waals surface area contributed by atoms with Gasteiger partial charge in [0.1, 0.15) is 5.00 Å². The lowest BCUT2D eigenvalue weighted by atomic mass is 10.1. The maximum absolute atomic E-state index is 12.6. The fourth-order valence-corrected chi connectivity index (χ4v) is 5.57. The van der Waals surface area contributed by atoms with Gasteiger partial charge >= 0.3 is 5.97 Å². The van der Waals surface area contributed by atoms with Gasteiger partial charge in [-0.15, -0.1) is 11.3 Å². The molecule has 9 heteroatoms. The van der Waals surface area contributed by atoms with Crippen LogP contribution >= 0.6 is 23.6 Å². The van der Waals surface area contributed by atoms with Crippen molar-refractivity contribution >= 4 is 39.6 Å². The molecule has 0 bridgehead atoms. The maximum Gasteiger partial charge on any atom is 0.341 e. The highest BCUT2D eigenvalue weighted by molar-refractivity contribution is 7.80. The molecule has 2 aromatic carbocycles. The normalized spacial score (nSPS) is 15.2. The van der Waals surface area contributed by atoms with Crippen LogP contribution in [0.1, 0.15) is 22.8 Å². The highest BCUT2D eigenvalue weighted by atomic mass is 32.1. The van der Waals surface area contributed by atoms with Gasteiger partial charge in [0, 0.05) is 37.6 Å². The summed E-state index contributed by atoms with van der Waals surface area (Å²) in [7, 11) is 0. The van der Waals surface area contributed by atoms with E-state index in [-0.39, 0.29) is 12.8 Å². The molecule has 0 spiro atoms. The van der Waals surface area contributed by atoms with Crippen LogP contribution in [0.4, 0.5) is 5.00 Å². The Morgan fingerprint density at radius 3 is 2.60 bits per heavy atom. The average Bonchev–Trinajstić information content (AvgIpc) is 3.52. The zero-order valence-electron chi connectivity index (χ0n) is 19.5. The molecule has 0 atom stereocenters. The summed E-state index contributed by atoms with van der Waals surface area (Å²) in [4.78, 5) is 18.2. The molecular formula is C26H27N3O4S2. The molecule has 0 saturated carbocycles. The number of esters is 1. The molecule has 1 N–H and O–H groups in total. The molecule has 0 amide bonds. The van der Waals surface area contributed by atoms with Crippen LogP contribution in [0.5, 0.6) is 11.5 Å². The number of carbonyl (C=O) groups is 1. The molecular weight excluding hydrogens is 482 g/mol.